The minimum Gasteiger partial charge on any atom is -0.485 e. The van der Waals surface area contributed by atoms with E-state index in [0.717, 1.165) is 23.1 Å². The molecule has 1 aliphatic heterocycles. The lowest BCUT2D eigenvalue weighted by molar-refractivity contribution is -0.137. The number of piperidine rings is 1. The molecule has 0 atom stereocenters. The predicted molar refractivity (Wildman–Crippen MR) is 125 cm³/mol. The van der Waals surface area contributed by atoms with Gasteiger partial charge in [-0.05, 0) is 48.7 Å². The normalized spacial score (nSPS) is 14.9. The average Bonchev–Trinajstić information content (AvgIpc) is 2.90. The van der Waals surface area contributed by atoms with Gasteiger partial charge in [-0.25, -0.2) is 13.6 Å². The maximum atomic E-state index is 13.6. The summed E-state index contributed by atoms with van der Waals surface area (Å²) in [5.74, 6) is 0.0342. The summed E-state index contributed by atoms with van der Waals surface area (Å²) in [6.45, 7) is -1.66. The summed E-state index contributed by atoms with van der Waals surface area (Å²) in [7, 11) is 0. The standard InChI is InChI=1S/C25H24F5N3O4/c26-12-20(13-27)37-19-5-6-22-21(11-19)23(35)32(14-16-1-3-17(4-2-16)25(28,29)30)24(36)33(22)18-7-9-31(15-34)10-8-18/h1-6,11,15,18,20H,7-10,12-14H2. The fraction of sp³-hybridized carbons (Fsp3) is 0.400. The van der Waals surface area contributed by atoms with E-state index in [9.17, 15) is 36.3 Å². The van der Waals surface area contributed by atoms with Crippen LogP contribution in [0, 0.1) is 0 Å². The smallest absolute Gasteiger partial charge is 0.416 e. The zero-order valence-electron chi connectivity index (χ0n) is 19.6. The molecular formula is C25H24F5N3O4. The van der Waals surface area contributed by atoms with Crippen LogP contribution >= 0.6 is 0 Å². The molecule has 0 radical (unpaired) electrons. The average molecular weight is 525 g/mol. The molecule has 0 aliphatic carbocycles. The van der Waals surface area contributed by atoms with Crippen molar-refractivity contribution in [3.05, 3.63) is 74.4 Å². The van der Waals surface area contributed by atoms with Crippen molar-refractivity contribution in [1.82, 2.24) is 14.0 Å². The van der Waals surface area contributed by atoms with Gasteiger partial charge >= 0.3 is 11.9 Å². The van der Waals surface area contributed by atoms with E-state index in [-0.39, 0.29) is 29.2 Å². The van der Waals surface area contributed by atoms with Crippen LogP contribution in [0.25, 0.3) is 10.9 Å². The second-order valence-electron chi connectivity index (χ2n) is 8.84. The van der Waals surface area contributed by atoms with Crippen LogP contribution in [0.3, 0.4) is 0 Å². The van der Waals surface area contributed by atoms with E-state index in [1.165, 1.54) is 34.9 Å². The summed E-state index contributed by atoms with van der Waals surface area (Å²) in [5, 5.41) is 0.0540. The molecule has 0 bridgehead atoms. The van der Waals surface area contributed by atoms with E-state index in [1.54, 1.807) is 4.90 Å². The maximum absolute atomic E-state index is 13.6. The van der Waals surface area contributed by atoms with Crippen LogP contribution in [0.1, 0.15) is 30.0 Å². The van der Waals surface area contributed by atoms with Crippen LogP contribution in [0.4, 0.5) is 22.0 Å². The summed E-state index contributed by atoms with van der Waals surface area (Å²) >= 11 is 0. The number of benzene rings is 2. The van der Waals surface area contributed by atoms with Crippen molar-refractivity contribution in [3.8, 4) is 5.75 Å². The highest BCUT2D eigenvalue weighted by molar-refractivity contribution is 5.80. The molecule has 1 aromatic heterocycles. The molecule has 198 valence electrons. The highest BCUT2D eigenvalue weighted by Crippen LogP contribution is 2.29. The Hall–Kier alpha value is -3.70. The lowest BCUT2D eigenvalue weighted by Crippen LogP contribution is -2.44. The number of halogens is 5. The van der Waals surface area contributed by atoms with Crippen LogP contribution in [-0.4, -0.2) is 53.0 Å². The third kappa shape index (κ3) is 5.52. The van der Waals surface area contributed by atoms with Crippen LogP contribution in [0.15, 0.2) is 52.1 Å². The van der Waals surface area contributed by atoms with E-state index in [1.807, 2.05) is 0 Å². The van der Waals surface area contributed by atoms with E-state index < -0.39 is 42.4 Å². The van der Waals surface area contributed by atoms with E-state index in [4.69, 9.17) is 4.74 Å². The first-order chi connectivity index (χ1) is 17.7. The van der Waals surface area contributed by atoms with E-state index in [0.29, 0.717) is 31.5 Å². The first kappa shape index (κ1) is 26.4. The van der Waals surface area contributed by atoms with Gasteiger partial charge in [-0.1, -0.05) is 12.1 Å². The maximum Gasteiger partial charge on any atom is 0.416 e. The van der Waals surface area contributed by atoms with Crippen molar-refractivity contribution in [2.75, 3.05) is 26.4 Å². The largest absolute Gasteiger partial charge is 0.485 e. The number of rotatable bonds is 8. The quantitative estimate of drug-likeness (QED) is 0.332. The van der Waals surface area contributed by atoms with Crippen LogP contribution in [0.2, 0.25) is 0 Å². The number of amides is 1. The zero-order chi connectivity index (χ0) is 26.7. The summed E-state index contributed by atoms with van der Waals surface area (Å²) < 4.78 is 72.5. The van der Waals surface area contributed by atoms with Gasteiger partial charge in [0, 0.05) is 19.1 Å². The van der Waals surface area contributed by atoms with Gasteiger partial charge in [-0.2, -0.15) is 13.2 Å². The third-order valence-corrected chi connectivity index (χ3v) is 6.42. The Kier molecular flexibility index (Phi) is 7.65. The number of hydrogen-bond donors (Lipinski definition) is 0. The minimum absolute atomic E-state index is 0.0342. The second kappa shape index (κ2) is 10.7. The summed E-state index contributed by atoms with van der Waals surface area (Å²) in [5.41, 5.74) is -1.65. The van der Waals surface area contributed by atoms with Gasteiger partial charge in [0.15, 0.2) is 6.10 Å². The molecule has 2 heterocycles. The fourth-order valence-electron chi connectivity index (χ4n) is 4.46. The number of carbonyl (C=O) groups is 1. The minimum atomic E-state index is -4.53. The number of carbonyl (C=O) groups excluding carboxylic acids is 1. The summed E-state index contributed by atoms with van der Waals surface area (Å²) in [6.07, 6.45) is -4.29. The van der Waals surface area contributed by atoms with Gasteiger partial charge < -0.3 is 9.64 Å². The van der Waals surface area contributed by atoms with Crippen molar-refractivity contribution in [3.63, 3.8) is 0 Å². The van der Waals surface area contributed by atoms with Crippen LogP contribution in [-0.2, 0) is 17.5 Å². The van der Waals surface area contributed by atoms with Crippen molar-refractivity contribution in [1.29, 1.82) is 0 Å². The molecule has 3 aromatic rings. The molecule has 1 aliphatic rings. The molecule has 2 aromatic carbocycles. The number of fused-ring (bicyclic) bond motifs is 1. The Bertz CT molecular complexity index is 1370. The Morgan fingerprint density at radius 3 is 2.22 bits per heavy atom. The monoisotopic (exact) mass is 525 g/mol. The van der Waals surface area contributed by atoms with Gasteiger partial charge in [-0.15, -0.1) is 0 Å². The first-order valence-electron chi connectivity index (χ1n) is 11.6. The van der Waals surface area contributed by atoms with E-state index >= 15 is 0 Å². The second-order valence-corrected chi connectivity index (χ2v) is 8.84. The molecule has 0 unspecified atom stereocenters. The highest BCUT2D eigenvalue weighted by Gasteiger charge is 2.30. The van der Waals surface area contributed by atoms with Crippen LogP contribution in [0.5, 0.6) is 5.75 Å². The zero-order valence-corrected chi connectivity index (χ0v) is 19.6. The van der Waals surface area contributed by atoms with Crippen LogP contribution < -0.4 is 16.0 Å². The van der Waals surface area contributed by atoms with E-state index in [2.05, 4.69) is 0 Å². The molecule has 12 heteroatoms. The number of ether oxygens (including phenoxy) is 1. The van der Waals surface area contributed by atoms with Crippen molar-refractivity contribution < 1.29 is 31.5 Å². The third-order valence-electron chi connectivity index (χ3n) is 6.42. The molecule has 37 heavy (non-hydrogen) atoms. The summed E-state index contributed by atoms with van der Waals surface area (Å²) in [6, 6.07) is 7.95. The lowest BCUT2D eigenvalue weighted by atomic mass is 10.0. The molecule has 1 amide bonds. The number of hydrogen-bond acceptors (Lipinski definition) is 4. The molecule has 7 nitrogen and oxygen atoms in total. The van der Waals surface area contributed by atoms with Crippen molar-refractivity contribution in [2.45, 2.75) is 37.7 Å². The SMILES string of the molecule is O=CN1CCC(n2c(=O)n(Cc3ccc(C(F)(F)F)cc3)c(=O)c3cc(OC(CF)CF)ccc32)CC1. The summed E-state index contributed by atoms with van der Waals surface area (Å²) in [4.78, 5) is 39.7. The molecular weight excluding hydrogens is 501 g/mol. The molecule has 0 N–H and O–H groups in total. The Labute approximate surface area is 207 Å². The van der Waals surface area contributed by atoms with Gasteiger partial charge in [0.05, 0.1) is 23.0 Å². The number of likely N-dealkylation sites (tertiary alicyclic amines) is 1. The Morgan fingerprint density at radius 2 is 1.65 bits per heavy atom. The Balaban J connectivity index is 1.82. The number of aromatic nitrogens is 2. The molecule has 4 rings (SSSR count). The fourth-order valence-corrected chi connectivity index (χ4v) is 4.46. The molecule has 1 saturated heterocycles. The lowest BCUT2D eigenvalue weighted by Gasteiger charge is -2.31. The van der Waals surface area contributed by atoms with Gasteiger partial charge in [0.2, 0.25) is 6.41 Å². The van der Waals surface area contributed by atoms with Crippen molar-refractivity contribution >= 4 is 17.3 Å². The number of alkyl halides is 5. The van der Waals surface area contributed by atoms with Gasteiger partial charge in [0.1, 0.15) is 19.1 Å². The number of nitrogens with zero attached hydrogens (tertiary/aromatic N) is 3. The Morgan fingerprint density at radius 1 is 1.00 bits per heavy atom. The predicted octanol–water partition coefficient (Wildman–Crippen LogP) is 3.71. The molecule has 1 fully saturated rings. The topological polar surface area (TPSA) is 73.5 Å². The molecule has 0 saturated carbocycles. The van der Waals surface area contributed by atoms with Gasteiger partial charge in [0.25, 0.3) is 5.56 Å². The molecule has 0 spiro atoms. The van der Waals surface area contributed by atoms with Gasteiger partial charge in [-0.3, -0.25) is 18.7 Å². The highest BCUT2D eigenvalue weighted by atomic mass is 19.4. The van der Waals surface area contributed by atoms with Crippen molar-refractivity contribution in [2.24, 2.45) is 0 Å². The first-order valence-corrected chi connectivity index (χ1v) is 11.6.